The van der Waals surface area contributed by atoms with Crippen LogP contribution in [0.4, 0.5) is 5.69 Å². The van der Waals surface area contributed by atoms with Crippen LogP contribution in [0.2, 0.25) is 0 Å². The van der Waals surface area contributed by atoms with Crippen molar-refractivity contribution in [2.75, 3.05) is 18.5 Å². The molecule has 1 amide bonds. The highest BCUT2D eigenvalue weighted by molar-refractivity contribution is 5.98. The number of amides is 1. The first-order valence-corrected chi connectivity index (χ1v) is 9.50. The van der Waals surface area contributed by atoms with Gasteiger partial charge in [-0.15, -0.1) is 0 Å². The van der Waals surface area contributed by atoms with Gasteiger partial charge in [0.2, 0.25) is 0 Å². The fourth-order valence-corrected chi connectivity index (χ4v) is 2.95. The Bertz CT molecular complexity index is 864. The van der Waals surface area contributed by atoms with E-state index < -0.39 is 12.1 Å². The summed E-state index contributed by atoms with van der Waals surface area (Å²) in [6.45, 7) is 6.67. The second-order valence-electron chi connectivity index (χ2n) is 6.79. The Hall–Kier alpha value is -3.02. The van der Waals surface area contributed by atoms with E-state index in [1.54, 1.807) is 25.1 Å². The molecule has 0 saturated heterocycles. The van der Waals surface area contributed by atoms with E-state index in [0.29, 0.717) is 36.2 Å². The molecule has 2 atom stereocenters. The van der Waals surface area contributed by atoms with Crippen molar-refractivity contribution in [1.29, 1.82) is 0 Å². The monoisotopic (exact) mass is 383 g/mol. The van der Waals surface area contributed by atoms with Gasteiger partial charge in [0.1, 0.15) is 13.2 Å². The molecule has 0 unspecified atom stereocenters. The predicted octanol–water partition coefficient (Wildman–Crippen LogP) is 4.16. The Morgan fingerprint density at radius 1 is 1.07 bits per heavy atom. The van der Waals surface area contributed by atoms with E-state index in [9.17, 15) is 9.59 Å². The van der Waals surface area contributed by atoms with Gasteiger partial charge in [0.15, 0.2) is 17.6 Å². The van der Waals surface area contributed by atoms with E-state index in [4.69, 9.17) is 14.2 Å². The van der Waals surface area contributed by atoms with Gasteiger partial charge in [0, 0.05) is 5.69 Å². The van der Waals surface area contributed by atoms with Crippen molar-refractivity contribution in [2.45, 2.75) is 39.2 Å². The van der Waals surface area contributed by atoms with E-state index in [2.05, 4.69) is 19.2 Å². The van der Waals surface area contributed by atoms with Crippen molar-refractivity contribution in [2.24, 2.45) is 0 Å². The molecule has 1 aliphatic heterocycles. The average molecular weight is 383 g/mol. The lowest BCUT2D eigenvalue weighted by Gasteiger charge is -2.20. The fraction of sp³-hybridized carbons (Fsp3) is 0.364. The Balaban J connectivity index is 1.65. The Morgan fingerprint density at radius 2 is 1.79 bits per heavy atom. The van der Waals surface area contributed by atoms with Gasteiger partial charge in [-0.2, -0.15) is 0 Å². The van der Waals surface area contributed by atoms with Crippen molar-refractivity contribution in [1.82, 2.24) is 0 Å². The minimum absolute atomic E-state index is 0.309. The number of carbonyl (C=O) groups excluding carboxylic acids is 2. The second-order valence-corrected chi connectivity index (χ2v) is 6.79. The number of rotatable bonds is 6. The zero-order valence-corrected chi connectivity index (χ0v) is 16.4. The summed E-state index contributed by atoms with van der Waals surface area (Å²) in [7, 11) is 0. The number of anilines is 1. The van der Waals surface area contributed by atoms with Gasteiger partial charge >= 0.3 is 5.97 Å². The lowest BCUT2D eigenvalue weighted by molar-refractivity contribution is -0.123. The highest BCUT2D eigenvalue weighted by atomic mass is 16.6. The smallest absolute Gasteiger partial charge is 0.339 e. The molecule has 1 heterocycles. The van der Waals surface area contributed by atoms with Gasteiger partial charge in [-0.05, 0) is 49.1 Å². The standard InChI is InChI=1S/C22H25NO5/c1-4-14(2)17-7-5-6-8-18(17)23-21(24)15(3)28-22(25)16-9-10-19-20(13-16)27-12-11-26-19/h5-10,13-15H,4,11-12H2,1-3H3,(H,23,24)/t14-,15-/m1/s1. The van der Waals surface area contributed by atoms with E-state index in [1.807, 2.05) is 24.3 Å². The molecule has 6 heteroatoms. The van der Waals surface area contributed by atoms with Crippen molar-refractivity contribution >= 4 is 17.6 Å². The highest BCUT2D eigenvalue weighted by Gasteiger charge is 2.22. The van der Waals surface area contributed by atoms with Crippen LogP contribution in [0.3, 0.4) is 0 Å². The molecule has 0 saturated carbocycles. The van der Waals surface area contributed by atoms with Crippen LogP contribution in [0.25, 0.3) is 0 Å². The molecular formula is C22H25NO5. The third kappa shape index (κ3) is 4.44. The minimum Gasteiger partial charge on any atom is -0.486 e. The highest BCUT2D eigenvalue weighted by Crippen LogP contribution is 2.31. The maximum absolute atomic E-state index is 12.5. The number of hydrogen-bond donors (Lipinski definition) is 1. The summed E-state index contributed by atoms with van der Waals surface area (Å²) in [6.07, 6.45) is 0.0207. The Morgan fingerprint density at radius 3 is 2.54 bits per heavy atom. The van der Waals surface area contributed by atoms with Crippen LogP contribution in [0.5, 0.6) is 11.5 Å². The molecule has 2 aromatic rings. The molecule has 0 aliphatic carbocycles. The minimum atomic E-state index is -0.939. The van der Waals surface area contributed by atoms with Gasteiger partial charge < -0.3 is 19.5 Å². The zero-order chi connectivity index (χ0) is 20.1. The molecule has 6 nitrogen and oxygen atoms in total. The summed E-state index contributed by atoms with van der Waals surface area (Å²) in [5, 5.41) is 2.87. The number of fused-ring (bicyclic) bond motifs is 1. The molecule has 0 radical (unpaired) electrons. The average Bonchev–Trinajstić information content (AvgIpc) is 2.73. The summed E-state index contributed by atoms with van der Waals surface area (Å²) in [4.78, 5) is 25.0. The quantitative estimate of drug-likeness (QED) is 0.759. The summed E-state index contributed by atoms with van der Waals surface area (Å²) in [6, 6.07) is 12.5. The van der Waals surface area contributed by atoms with E-state index in [0.717, 1.165) is 17.7 Å². The molecule has 28 heavy (non-hydrogen) atoms. The van der Waals surface area contributed by atoms with Crippen LogP contribution in [0.1, 0.15) is 49.0 Å². The van der Waals surface area contributed by atoms with Gasteiger partial charge in [-0.3, -0.25) is 4.79 Å². The maximum Gasteiger partial charge on any atom is 0.339 e. The van der Waals surface area contributed by atoms with E-state index in [-0.39, 0.29) is 5.91 Å². The van der Waals surface area contributed by atoms with Crippen LogP contribution in [0.15, 0.2) is 42.5 Å². The van der Waals surface area contributed by atoms with Crippen LogP contribution in [-0.2, 0) is 9.53 Å². The molecule has 0 spiro atoms. The van der Waals surface area contributed by atoms with Crippen LogP contribution >= 0.6 is 0 Å². The molecule has 148 valence electrons. The molecule has 1 N–H and O–H groups in total. The number of benzene rings is 2. The van der Waals surface area contributed by atoms with Gasteiger partial charge in [-0.25, -0.2) is 4.79 Å². The largest absolute Gasteiger partial charge is 0.486 e. The summed E-state index contributed by atoms with van der Waals surface area (Å²) >= 11 is 0. The number of esters is 1. The van der Waals surface area contributed by atoms with Crippen molar-refractivity contribution in [3.8, 4) is 11.5 Å². The SMILES string of the molecule is CC[C@@H](C)c1ccccc1NC(=O)[C@@H](C)OC(=O)c1ccc2c(c1)OCCO2. The summed E-state index contributed by atoms with van der Waals surface area (Å²) in [5.74, 6) is 0.444. The number of carbonyl (C=O) groups is 2. The maximum atomic E-state index is 12.5. The lowest BCUT2D eigenvalue weighted by Crippen LogP contribution is -2.30. The first kappa shape index (κ1) is 19.7. The third-order valence-corrected chi connectivity index (χ3v) is 4.79. The summed E-state index contributed by atoms with van der Waals surface area (Å²) in [5.41, 5.74) is 2.11. The molecule has 1 aliphatic rings. The van der Waals surface area contributed by atoms with Gasteiger partial charge in [0.05, 0.1) is 5.56 Å². The number of nitrogens with one attached hydrogen (secondary N) is 1. The van der Waals surface area contributed by atoms with Crippen molar-refractivity contribution in [3.63, 3.8) is 0 Å². The Kier molecular flexibility index (Phi) is 6.19. The first-order chi connectivity index (χ1) is 13.5. The van der Waals surface area contributed by atoms with Crippen molar-refractivity contribution in [3.05, 3.63) is 53.6 Å². The van der Waals surface area contributed by atoms with Crippen LogP contribution < -0.4 is 14.8 Å². The number of para-hydroxylation sites is 1. The number of hydrogen-bond acceptors (Lipinski definition) is 5. The molecular weight excluding hydrogens is 358 g/mol. The predicted molar refractivity (Wildman–Crippen MR) is 106 cm³/mol. The number of ether oxygens (including phenoxy) is 3. The van der Waals surface area contributed by atoms with Gasteiger partial charge in [-0.1, -0.05) is 32.0 Å². The van der Waals surface area contributed by atoms with Crippen LogP contribution in [0, 0.1) is 0 Å². The molecule has 0 bridgehead atoms. The molecule has 2 aromatic carbocycles. The molecule has 3 rings (SSSR count). The fourth-order valence-electron chi connectivity index (χ4n) is 2.95. The first-order valence-electron chi connectivity index (χ1n) is 9.50. The van der Waals surface area contributed by atoms with E-state index >= 15 is 0 Å². The zero-order valence-electron chi connectivity index (χ0n) is 16.4. The van der Waals surface area contributed by atoms with Crippen molar-refractivity contribution < 1.29 is 23.8 Å². The normalized spacial score (nSPS) is 14.7. The molecule has 0 fully saturated rings. The topological polar surface area (TPSA) is 73.9 Å². The summed E-state index contributed by atoms with van der Waals surface area (Å²) < 4.78 is 16.3. The van der Waals surface area contributed by atoms with Gasteiger partial charge in [0.25, 0.3) is 5.91 Å². The second kappa shape index (κ2) is 8.78. The third-order valence-electron chi connectivity index (χ3n) is 4.79. The van der Waals surface area contributed by atoms with E-state index in [1.165, 1.54) is 0 Å². The lowest BCUT2D eigenvalue weighted by atomic mass is 9.97. The van der Waals surface area contributed by atoms with Crippen LogP contribution in [-0.4, -0.2) is 31.2 Å². The Labute approximate surface area is 164 Å². The molecule has 0 aromatic heterocycles.